The highest BCUT2D eigenvalue weighted by Crippen LogP contribution is 2.58. The normalized spacial score (nSPS) is 31.7. The van der Waals surface area contributed by atoms with Gasteiger partial charge in [-0.2, -0.15) is 0 Å². The molecule has 0 saturated heterocycles. The molecule has 1 aromatic rings. The van der Waals surface area contributed by atoms with E-state index in [0.29, 0.717) is 17.6 Å². The summed E-state index contributed by atoms with van der Waals surface area (Å²) in [7, 11) is 0. The van der Waals surface area contributed by atoms with Gasteiger partial charge in [0.05, 0.1) is 0 Å². The lowest BCUT2D eigenvalue weighted by Crippen LogP contribution is -2.41. The molecule has 2 nitrogen and oxygen atoms in total. The molecular formula is C19H22F2O2. The van der Waals surface area contributed by atoms with E-state index in [9.17, 15) is 13.9 Å². The summed E-state index contributed by atoms with van der Waals surface area (Å²) in [5.41, 5.74) is 1.97. The average Bonchev–Trinajstić information content (AvgIpc) is 2.49. The van der Waals surface area contributed by atoms with Crippen molar-refractivity contribution in [2.45, 2.75) is 38.5 Å². The van der Waals surface area contributed by atoms with Gasteiger partial charge in [0.15, 0.2) is 0 Å². The van der Waals surface area contributed by atoms with Gasteiger partial charge in [-0.25, -0.2) is 8.78 Å². The maximum absolute atomic E-state index is 12.7. The van der Waals surface area contributed by atoms with Gasteiger partial charge in [-0.3, -0.25) is 0 Å². The fourth-order valence-corrected chi connectivity index (χ4v) is 5.19. The first-order valence-electron chi connectivity index (χ1n) is 8.54. The van der Waals surface area contributed by atoms with E-state index < -0.39 is 13.0 Å². The van der Waals surface area contributed by atoms with Crippen LogP contribution in [0.5, 0.6) is 5.75 Å². The molecule has 0 atom stereocenters. The lowest BCUT2D eigenvalue weighted by Gasteiger charge is -2.51. The number of phenolic OH excluding ortho intramolecular Hbond substituents is 1. The number of phenols is 1. The van der Waals surface area contributed by atoms with Crippen molar-refractivity contribution in [3.05, 3.63) is 35.4 Å². The first-order chi connectivity index (χ1) is 11.1. The summed E-state index contributed by atoms with van der Waals surface area (Å²) in [6, 6.07) is 6.81. The highest BCUT2D eigenvalue weighted by molar-refractivity contribution is 5.66. The van der Waals surface area contributed by atoms with E-state index >= 15 is 0 Å². The molecule has 124 valence electrons. The van der Waals surface area contributed by atoms with Crippen LogP contribution in [0.2, 0.25) is 0 Å². The molecule has 4 fully saturated rings. The van der Waals surface area contributed by atoms with Gasteiger partial charge >= 0.3 is 0 Å². The van der Waals surface area contributed by atoms with Crippen LogP contribution in [0.15, 0.2) is 29.8 Å². The molecule has 0 aromatic heterocycles. The third-order valence-corrected chi connectivity index (χ3v) is 5.74. The Bertz CT molecular complexity index is 594. The van der Waals surface area contributed by atoms with Crippen LogP contribution in [-0.4, -0.2) is 18.1 Å². The molecule has 1 N–H and O–H groups in total. The predicted molar refractivity (Wildman–Crippen MR) is 84.0 cm³/mol. The molecule has 4 heteroatoms. The maximum Gasteiger partial charge on any atom is 0.272 e. The maximum atomic E-state index is 12.7. The SMILES string of the molecule is Oc1cccc(C(OCC(F)F)=C2C3CC4CC(C3)CC2C4)c1. The van der Waals surface area contributed by atoms with Crippen LogP contribution in [0, 0.1) is 23.7 Å². The molecule has 5 rings (SSSR count). The van der Waals surface area contributed by atoms with Crippen LogP contribution in [-0.2, 0) is 4.74 Å². The molecule has 0 amide bonds. The Hall–Kier alpha value is -1.58. The lowest BCUT2D eigenvalue weighted by atomic mass is 9.54. The number of allylic oxidation sites excluding steroid dienone is 1. The molecule has 0 radical (unpaired) electrons. The van der Waals surface area contributed by atoms with Crippen LogP contribution in [0.3, 0.4) is 0 Å². The minimum absolute atomic E-state index is 0.144. The Labute approximate surface area is 135 Å². The number of aromatic hydroxyl groups is 1. The second kappa shape index (κ2) is 5.81. The smallest absolute Gasteiger partial charge is 0.272 e. The van der Waals surface area contributed by atoms with Crippen LogP contribution in [0.1, 0.15) is 37.7 Å². The topological polar surface area (TPSA) is 29.5 Å². The molecule has 1 aromatic carbocycles. The van der Waals surface area contributed by atoms with E-state index in [0.717, 1.165) is 17.4 Å². The van der Waals surface area contributed by atoms with E-state index in [1.165, 1.54) is 37.7 Å². The molecule has 4 bridgehead atoms. The molecule has 0 aliphatic heterocycles. The van der Waals surface area contributed by atoms with Gasteiger partial charge in [0.25, 0.3) is 6.43 Å². The zero-order valence-corrected chi connectivity index (χ0v) is 13.1. The summed E-state index contributed by atoms with van der Waals surface area (Å²) < 4.78 is 31.0. The molecule has 4 saturated carbocycles. The second-order valence-corrected chi connectivity index (χ2v) is 7.34. The van der Waals surface area contributed by atoms with Gasteiger partial charge in [0.2, 0.25) is 0 Å². The minimum atomic E-state index is -2.49. The van der Waals surface area contributed by atoms with Crippen molar-refractivity contribution in [3.8, 4) is 5.75 Å². The number of hydrogen-bond donors (Lipinski definition) is 1. The number of benzene rings is 1. The molecule has 0 unspecified atom stereocenters. The second-order valence-electron chi connectivity index (χ2n) is 7.34. The minimum Gasteiger partial charge on any atom is -0.508 e. The lowest BCUT2D eigenvalue weighted by molar-refractivity contribution is 0.0519. The van der Waals surface area contributed by atoms with Crippen LogP contribution < -0.4 is 0 Å². The van der Waals surface area contributed by atoms with Crippen molar-refractivity contribution in [2.75, 3.05) is 6.61 Å². The van der Waals surface area contributed by atoms with Crippen LogP contribution in [0.25, 0.3) is 5.76 Å². The van der Waals surface area contributed by atoms with Gasteiger partial charge in [-0.1, -0.05) is 12.1 Å². The van der Waals surface area contributed by atoms with Crippen molar-refractivity contribution < 1.29 is 18.6 Å². The molecule has 0 spiro atoms. The van der Waals surface area contributed by atoms with Crippen molar-refractivity contribution in [1.29, 1.82) is 0 Å². The van der Waals surface area contributed by atoms with E-state index in [2.05, 4.69) is 0 Å². The molecule has 4 aliphatic rings. The highest BCUT2D eigenvalue weighted by Gasteiger charge is 2.46. The Balaban J connectivity index is 1.74. The van der Waals surface area contributed by atoms with Gasteiger partial charge in [-0.15, -0.1) is 0 Å². The Morgan fingerprint density at radius 3 is 2.30 bits per heavy atom. The first-order valence-corrected chi connectivity index (χ1v) is 8.54. The molecule has 23 heavy (non-hydrogen) atoms. The third kappa shape index (κ3) is 2.84. The first kappa shape index (κ1) is 15.0. The van der Waals surface area contributed by atoms with Crippen LogP contribution in [0.4, 0.5) is 8.78 Å². The van der Waals surface area contributed by atoms with Crippen molar-refractivity contribution in [1.82, 2.24) is 0 Å². The molecule has 4 aliphatic carbocycles. The van der Waals surface area contributed by atoms with Crippen molar-refractivity contribution in [2.24, 2.45) is 23.7 Å². The monoisotopic (exact) mass is 320 g/mol. The van der Waals surface area contributed by atoms with E-state index in [1.54, 1.807) is 18.2 Å². The zero-order valence-electron chi connectivity index (χ0n) is 13.1. The van der Waals surface area contributed by atoms with E-state index in [1.807, 2.05) is 6.07 Å². The average molecular weight is 320 g/mol. The Morgan fingerprint density at radius 2 is 1.74 bits per heavy atom. The van der Waals surface area contributed by atoms with Gasteiger partial charge < -0.3 is 9.84 Å². The number of alkyl halides is 2. The van der Waals surface area contributed by atoms with Crippen molar-refractivity contribution in [3.63, 3.8) is 0 Å². The fraction of sp³-hybridized carbons (Fsp3) is 0.579. The molecule has 0 heterocycles. The van der Waals surface area contributed by atoms with Crippen LogP contribution >= 0.6 is 0 Å². The van der Waals surface area contributed by atoms with E-state index in [-0.39, 0.29) is 5.75 Å². The van der Waals surface area contributed by atoms with Gasteiger partial charge in [-0.05, 0) is 73.5 Å². The zero-order chi connectivity index (χ0) is 16.0. The standard InChI is InChI=1S/C19H22F2O2/c20-17(21)10-23-19(13-2-1-3-16(22)9-13)18-14-5-11-4-12(7-14)8-15(18)6-11/h1-3,9,11-12,14-15,17,22H,4-8,10H2. The number of rotatable bonds is 4. The van der Waals surface area contributed by atoms with Crippen molar-refractivity contribution >= 4 is 5.76 Å². The third-order valence-electron chi connectivity index (χ3n) is 5.74. The number of ether oxygens (including phenoxy) is 1. The Morgan fingerprint density at radius 1 is 1.09 bits per heavy atom. The van der Waals surface area contributed by atoms with Gasteiger partial charge in [0, 0.05) is 5.56 Å². The fourth-order valence-electron chi connectivity index (χ4n) is 5.19. The summed E-state index contributed by atoms with van der Waals surface area (Å²) in [6.45, 7) is -0.583. The highest BCUT2D eigenvalue weighted by atomic mass is 19.3. The summed E-state index contributed by atoms with van der Waals surface area (Å²) >= 11 is 0. The summed E-state index contributed by atoms with van der Waals surface area (Å²) in [4.78, 5) is 0. The number of hydrogen-bond acceptors (Lipinski definition) is 2. The quantitative estimate of drug-likeness (QED) is 0.804. The molecular weight excluding hydrogens is 298 g/mol. The summed E-state index contributed by atoms with van der Waals surface area (Å²) in [6.07, 6.45) is 3.54. The van der Waals surface area contributed by atoms with E-state index in [4.69, 9.17) is 4.74 Å². The predicted octanol–water partition coefficient (Wildman–Crippen LogP) is 4.84. The van der Waals surface area contributed by atoms with Gasteiger partial charge in [0.1, 0.15) is 18.1 Å². The Kier molecular flexibility index (Phi) is 3.78. The number of halogens is 2. The summed E-state index contributed by atoms with van der Waals surface area (Å²) in [5.74, 6) is 3.31. The summed E-state index contributed by atoms with van der Waals surface area (Å²) in [5, 5.41) is 9.76. The largest absolute Gasteiger partial charge is 0.508 e.